The number of piperidine rings is 1. The van der Waals surface area contributed by atoms with Crippen LogP contribution in [0.3, 0.4) is 0 Å². The molecule has 1 aliphatic heterocycles. The Morgan fingerprint density at radius 3 is 2.50 bits per heavy atom. The lowest BCUT2D eigenvalue weighted by atomic mass is 10.1. The minimum absolute atomic E-state index is 0.0600. The SMILES string of the molecule is O=C(Nc1cc(F)ccc1F)c1cc([N+](=O)[O-])ccc1N1CCCCC1. The van der Waals surface area contributed by atoms with E-state index in [1.807, 2.05) is 4.90 Å². The van der Waals surface area contributed by atoms with Gasteiger partial charge in [0, 0.05) is 31.3 Å². The molecule has 0 atom stereocenters. The van der Waals surface area contributed by atoms with Gasteiger partial charge >= 0.3 is 0 Å². The number of benzene rings is 2. The first-order valence-corrected chi connectivity index (χ1v) is 8.25. The first kappa shape index (κ1) is 17.8. The van der Waals surface area contributed by atoms with E-state index in [1.165, 1.54) is 12.1 Å². The third-order valence-corrected chi connectivity index (χ3v) is 4.31. The quantitative estimate of drug-likeness (QED) is 0.657. The van der Waals surface area contributed by atoms with Gasteiger partial charge in [-0.25, -0.2) is 8.78 Å². The van der Waals surface area contributed by atoms with Crippen molar-refractivity contribution in [2.75, 3.05) is 23.3 Å². The van der Waals surface area contributed by atoms with Crippen molar-refractivity contribution >= 4 is 23.0 Å². The van der Waals surface area contributed by atoms with E-state index < -0.39 is 22.5 Å². The van der Waals surface area contributed by atoms with Crippen LogP contribution in [0.5, 0.6) is 0 Å². The van der Waals surface area contributed by atoms with Crippen molar-refractivity contribution in [2.24, 2.45) is 0 Å². The van der Waals surface area contributed by atoms with E-state index in [2.05, 4.69) is 5.32 Å². The molecule has 0 unspecified atom stereocenters. The summed E-state index contributed by atoms with van der Waals surface area (Å²) in [6, 6.07) is 6.74. The summed E-state index contributed by atoms with van der Waals surface area (Å²) in [5.41, 5.74) is 0.0519. The molecule has 2 aromatic rings. The maximum Gasteiger partial charge on any atom is 0.270 e. The van der Waals surface area contributed by atoms with Crippen LogP contribution in [0.25, 0.3) is 0 Å². The van der Waals surface area contributed by atoms with E-state index in [1.54, 1.807) is 0 Å². The molecule has 2 aromatic carbocycles. The Kier molecular flexibility index (Phi) is 5.11. The standard InChI is InChI=1S/C18H17F2N3O3/c19-12-4-6-15(20)16(10-12)21-18(24)14-11-13(23(25)26)5-7-17(14)22-8-2-1-3-9-22/h4-7,10-11H,1-3,8-9H2,(H,21,24). The smallest absolute Gasteiger partial charge is 0.270 e. The van der Waals surface area contributed by atoms with Gasteiger partial charge in [0.1, 0.15) is 11.6 Å². The lowest BCUT2D eigenvalue weighted by molar-refractivity contribution is -0.384. The maximum atomic E-state index is 13.8. The van der Waals surface area contributed by atoms with Crippen molar-refractivity contribution < 1.29 is 18.5 Å². The molecule has 1 heterocycles. The third kappa shape index (κ3) is 3.79. The Morgan fingerprint density at radius 2 is 1.81 bits per heavy atom. The number of amides is 1. The predicted octanol–water partition coefficient (Wildman–Crippen LogP) is 4.12. The number of hydrogen-bond donors (Lipinski definition) is 1. The normalized spacial score (nSPS) is 14.2. The number of halogens is 2. The first-order chi connectivity index (χ1) is 12.5. The van der Waals surface area contributed by atoms with Gasteiger partial charge in [0.2, 0.25) is 0 Å². The van der Waals surface area contributed by atoms with Gasteiger partial charge in [-0.1, -0.05) is 0 Å². The fraction of sp³-hybridized carbons (Fsp3) is 0.278. The van der Waals surface area contributed by atoms with Crippen LogP contribution in [0, 0.1) is 21.7 Å². The molecular formula is C18H17F2N3O3. The van der Waals surface area contributed by atoms with Gasteiger partial charge in [-0.05, 0) is 37.5 Å². The van der Waals surface area contributed by atoms with Gasteiger partial charge in [-0.3, -0.25) is 14.9 Å². The molecule has 0 bridgehead atoms. The number of carbonyl (C=O) groups excluding carboxylic acids is 1. The summed E-state index contributed by atoms with van der Waals surface area (Å²) in [4.78, 5) is 25.1. The van der Waals surface area contributed by atoms with Gasteiger partial charge in [0.15, 0.2) is 0 Å². The molecule has 0 saturated carbocycles. The molecule has 3 rings (SSSR count). The van der Waals surface area contributed by atoms with Crippen LogP contribution >= 0.6 is 0 Å². The second-order valence-corrected chi connectivity index (χ2v) is 6.08. The lowest BCUT2D eigenvalue weighted by Crippen LogP contribution is -2.31. The van der Waals surface area contributed by atoms with E-state index in [0.29, 0.717) is 5.69 Å². The van der Waals surface area contributed by atoms with E-state index in [0.717, 1.165) is 56.6 Å². The molecule has 26 heavy (non-hydrogen) atoms. The number of rotatable bonds is 4. The van der Waals surface area contributed by atoms with Crippen LogP contribution < -0.4 is 10.2 Å². The highest BCUT2D eigenvalue weighted by Crippen LogP contribution is 2.29. The molecule has 6 nitrogen and oxygen atoms in total. The van der Waals surface area contributed by atoms with E-state index in [4.69, 9.17) is 0 Å². The second-order valence-electron chi connectivity index (χ2n) is 6.08. The zero-order valence-electron chi connectivity index (χ0n) is 13.9. The van der Waals surface area contributed by atoms with Crippen LogP contribution in [-0.4, -0.2) is 23.9 Å². The summed E-state index contributed by atoms with van der Waals surface area (Å²) in [6.07, 6.45) is 2.99. The van der Waals surface area contributed by atoms with Crippen LogP contribution in [0.1, 0.15) is 29.6 Å². The summed E-state index contributed by atoms with van der Waals surface area (Å²) in [5, 5.41) is 13.4. The largest absolute Gasteiger partial charge is 0.371 e. The minimum atomic E-state index is -0.787. The summed E-state index contributed by atoms with van der Waals surface area (Å²) in [7, 11) is 0. The lowest BCUT2D eigenvalue weighted by Gasteiger charge is -2.30. The highest BCUT2D eigenvalue weighted by Gasteiger charge is 2.22. The molecule has 0 spiro atoms. The number of carbonyl (C=O) groups is 1. The monoisotopic (exact) mass is 361 g/mol. The summed E-state index contributed by atoms with van der Waals surface area (Å²) in [6.45, 7) is 1.46. The van der Waals surface area contributed by atoms with Crippen LogP contribution in [0.15, 0.2) is 36.4 Å². The fourth-order valence-corrected chi connectivity index (χ4v) is 3.01. The first-order valence-electron chi connectivity index (χ1n) is 8.25. The van der Waals surface area contributed by atoms with Crippen LogP contribution in [-0.2, 0) is 0 Å². The molecule has 1 saturated heterocycles. The molecule has 1 amide bonds. The van der Waals surface area contributed by atoms with Gasteiger partial charge in [-0.2, -0.15) is 0 Å². The molecular weight excluding hydrogens is 344 g/mol. The van der Waals surface area contributed by atoms with E-state index in [-0.39, 0.29) is 16.9 Å². The van der Waals surface area contributed by atoms with Crippen LogP contribution in [0.4, 0.5) is 25.8 Å². The number of non-ortho nitro benzene ring substituents is 1. The number of nitrogens with zero attached hydrogens (tertiary/aromatic N) is 2. The average molecular weight is 361 g/mol. The van der Waals surface area contributed by atoms with Crippen molar-refractivity contribution in [3.05, 3.63) is 63.7 Å². The third-order valence-electron chi connectivity index (χ3n) is 4.31. The number of nitro benzene ring substituents is 1. The summed E-state index contributed by atoms with van der Waals surface area (Å²) in [5.74, 6) is -2.21. The molecule has 1 N–H and O–H groups in total. The molecule has 0 aromatic heterocycles. The topological polar surface area (TPSA) is 75.5 Å². The zero-order valence-corrected chi connectivity index (χ0v) is 13.9. The average Bonchev–Trinajstić information content (AvgIpc) is 2.65. The van der Waals surface area contributed by atoms with Crippen molar-refractivity contribution in [1.29, 1.82) is 0 Å². The van der Waals surface area contributed by atoms with Gasteiger partial charge < -0.3 is 10.2 Å². The number of anilines is 2. The molecule has 1 aliphatic rings. The summed E-state index contributed by atoms with van der Waals surface area (Å²) >= 11 is 0. The Bertz CT molecular complexity index is 852. The zero-order chi connectivity index (χ0) is 18.7. The number of nitrogens with one attached hydrogen (secondary N) is 1. The maximum absolute atomic E-state index is 13.8. The predicted molar refractivity (Wildman–Crippen MR) is 93.5 cm³/mol. The highest BCUT2D eigenvalue weighted by molar-refractivity contribution is 6.08. The number of nitro groups is 1. The highest BCUT2D eigenvalue weighted by atomic mass is 19.1. The molecule has 0 aliphatic carbocycles. The Hall–Kier alpha value is -3.03. The van der Waals surface area contributed by atoms with Gasteiger partial charge in [0.25, 0.3) is 11.6 Å². The molecule has 1 fully saturated rings. The van der Waals surface area contributed by atoms with Crippen molar-refractivity contribution in [3.63, 3.8) is 0 Å². The van der Waals surface area contributed by atoms with Crippen molar-refractivity contribution in [3.8, 4) is 0 Å². The van der Waals surface area contributed by atoms with Crippen molar-refractivity contribution in [2.45, 2.75) is 19.3 Å². The minimum Gasteiger partial charge on any atom is -0.371 e. The second kappa shape index (κ2) is 7.47. The van der Waals surface area contributed by atoms with Gasteiger partial charge in [-0.15, -0.1) is 0 Å². The van der Waals surface area contributed by atoms with E-state index in [9.17, 15) is 23.7 Å². The Labute approximate surface area is 148 Å². The van der Waals surface area contributed by atoms with Gasteiger partial charge in [0.05, 0.1) is 21.9 Å². The Morgan fingerprint density at radius 1 is 1.08 bits per heavy atom. The molecule has 136 valence electrons. The fourth-order valence-electron chi connectivity index (χ4n) is 3.01. The van der Waals surface area contributed by atoms with Crippen molar-refractivity contribution in [1.82, 2.24) is 0 Å². The molecule has 8 heteroatoms. The summed E-state index contributed by atoms with van der Waals surface area (Å²) < 4.78 is 27.1. The number of hydrogen-bond acceptors (Lipinski definition) is 4. The Balaban J connectivity index is 1.97. The van der Waals surface area contributed by atoms with Crippen LogP contribution in [0.2, 0.25) is 0 Å². The molecule has 0 radical (unpaired) electrons. The van der Waals surface area contributed by atoms with E-state index >= 15 is 0 Å².